The van der Waals surface area contributed by atoms with E-state index in [0.29, 0.717) is 13.0 Å². The maximum atomic E-state index is 12.6. The van der Waals surface area contributed by atoms with Crippen LogP contribution in [0.15, 0.2) is 30.3 Å². The lowest BCUT2D eigenvalue weighted by Crippen LogP contribution is -2.62. The van der Waals surface area contributed by atoms with E-state index < -0.39 is 23.0 Å². The fourth-order valence-electron chi connectivity index (χ4n) is 3.70. The van der Waals surface area contributed by atoms with Gasteiger partial charge < -0.3 is 9.84 Å². The maximum Gasteiger partial charge on any atom is 0.411 e. The number of hydrogen-bond donors (Lipinski definition) is 1. The molecule has 1 fully saturated rings. The number of benzene rings is 1. The predicted octanol–water partition coefficient (Wildman–Crippen LogP) is 3.68. The number of carboxylic acids is 1. The van der Waals surface area contributed by atoms with Gasteiger partial charge in [0.2, 0.25) is 0 Å². The molecule has 1 aromatic rings. The minimum atomic E-state index is -1.20. The Hall–Kier alpha value is -2.04. The van der Waals surface area contributed by atoms with E-state index in [0.717, 1.165) is 18.4 Å². The highest BCUT2D eigenvalue weighted by atomic mass is 16.6. The molecule has 1 unspecified atom stereocenters. The summed E-state index contributed by atoms with van der Waals surface area (Å²) >= 11 is 0. The second-order valence-electron chi connectivity index (χ2n) is 6.69. The molecule has 0 heterocycles. The number of carbonyl (C=O) groups excluding carboxylic acids is 1. The van der Waals surface area contributed by atoms with Crippen LogP contribution in [0, 0.1) is 5.41 Å². The number of hydrogen-bond acceptors (Lipinski definition) is 3. The van der Waals surface area contributed by atoms with Gasteiger partial charge in [0.1, 0.15) is 12.1 Å². The van der Waals surface area contributed by atoms with Crippen molar-refractivity contribution in [2.45, 2.75) is 52.2 Å². The molecule has 1 atom stereocenters. The summed E-state index contributed by atoms with van der Waals surface area (Å²) in [4.78, 5) is 26.0. The molecule has 5 heteroatoms. The Morgan fingerprint density at radius 1 is 1.22 bits per heavy atom. The minimum Gasteiger partial charge on any atom is -0.479 e. The van der Waals surface area contributed by atoms with E-state index in [4.69, 9.17) is 4.74 Å². The first-order valence-electron chi connectivity index (χ1n) is 8.07. The Balaban J connectivity index is 2.20. The molecule has 5 nitrogen and oxygen atoms in total. The molecule has 2 rings (SSSR count). The number of rotatable bonds is 5. The van der Waals surface area contributed by atoms with Crippen molar-refractivity contribution in [3.8, 4) is 0 Å². The number of amides is 1. The van der Waals surface area contributed by atoms with Crippen LogP contribution < -0.4 is 0 Å². The first-order valence-corrected chi connectivity index (χ1v) is 8.07. The van der Waals surface area contributed by atoms with Crippen LogP contribution in [-0.4, -0.2) is 34.2 Å². The van der Waals surface area contributed by atoms with E-state index in [1.807, 2.05) is 44.2 Å². The fraction of sp³-hybridized carbons (Fsp3) is 0.556. The van der Waals surface area contributed by atoms with Crippen molar-refractivity contribution in [3.63, 3.8) is 0 Å². The Morgan fingerprint density at radius 2 is 1.87 bits per heavy atom. The van der Waals surface area contributed by atoms with E-state index in [-0.39, 0.29) is 6.61 Å². The summed E-state index contributed by atoms with van der Waals surface area (Å²) in [6.45, 7) is 6.08. The number of carbonyl (C=O) groups is 2. The monoisotopic (exact) mass is 319 g/mol. The Kier molecular flexibility index (Phi) is 4.97. The fourth-order valence-corrected chi connectivity index (χ4v) is 3.70. The van der Waals surface area contributed by atoms with Crippen molar-refractivity contribution in [2.75, 3.05) is 6.54 Å². The molecule has 0 radical (unpaired) electrons. The lowest BCUT2D eigenvalue weighted by atomic mass is 9.73. The standard InChI is InChI=1S/C18H25NO4/c1-4-19(16(22)23-13-14-9-6-5-7-10-14)18(15(20)21)12-8-11-17(18,2)3/h5-7,9-10H,4,8,11-13H2,1-3H3,(H,20,21). The van der Waals surface area contributed by atoms with Gasteiger partial charge in [0.15, 0.2) is 0 Å². The molecular weight excluding hydrogens is 294 g/mol. The first kappa shape index (κ1) is 17.3. The summed E-state index contributed by atoms with van der Waals surface area (Å²) in [5, 5.41) is 9.89. The molecule has 0 spiro atoms. The summed E-state index contributed by atoms with van der Waals surface area (Å²) in [6, 6.07) is 9.38. The molecule has 126 valence electrons. The topological polar surface area (TPSA) is 66.8 Å². The second-order valence-corrected chi connectivity index (χ2v) is 6.69. The molecule has 0 aromatic heterocycles. The molecular formula is C18H25NO4. The normalized spacial score (nSPS) is 22.6. The van der Waals surface area contributed by atoms with Gasteiger partial charge >= 0.3 is 12.1 Å². The third-order valence-electron chi connectivity index (χ3n) is 5.02. The van der Waals surface area contributed by atoms with Crippen molar-refractivity contribution in [2.24, 2.45) is 5.41 Å². The van der Waals surface area contributed by atoms with Crippen LogP contribution in [0.25, 0.3) is 0 Å². The largest absolute Gasteiger partial charge is 0.479 e. The molecule has 1 N–H and O–H groups in total. The molecule has 1 aliphatic rings. The highest BCUT2D eigenvalue weighted by molar-refractivity contribution is 5.86. The maximum absolute atomic E-state index is 12.6. The minimum absolute atomic E-state index is 0.145. The molecule has 1 aromatic carbocycles. The summed E-state index contributed by atoms with van der Waals surface area (Å²) in [7, 11) is 0. The summed E-state index contributed by atoms with van der Waals surface area (Å²) < 4.78 is 5.39. The van der Waals surface area contributed by atoms with Crippen LogP contribution in [0.2, 0.25) is 0 Å². The third-order valence-corrected chi connectivity index (χ3v) is 5.02. The summed E-state index contributed by atoms with van der Waals surface area (Å²) in [5.41, 5.74) is -0.803. The van der Waals surface area contributed by atoms with Gasteiger partial charge in [-0.15, -0.1) is 0 Å². The number of ether oxygens (including phenoxy) is 1. The zero-order valence-corrected chi connectivity index (χ0v) is 14.0. The van der Waals surface area contributed by atoms with Crippen LogP contribution in [0.5, 0.6) is 0 Å². The van der Waals surface area contributed by atoms with Gasteiger partial charge in [0, 0.05) is 6.54 Å². The third kappa shape index (κ3) is 3.05. The quantitative estimate of drug-likeness (QED) is 0.899. The van der Waals surface area contributed by atoms with Crippen molar-refractivity contribution >= 4 is 12.1 Å². The van der Waals surface area contributed by atoms with Gasteiger partial charge in [0.05, 0.1) is 0 Å². The van der Waals surface area contributed by atoms with E-state index in [1.165, 1.54) is 4.90 Å². The van der Waals surface area contributed by atoms with Crippen molar-refractivity contribution in [1.82, 2.24) is 4.90 Å². The van der Waals surface area contributed by atoms with E-state index in [1.54, 1.807) is 6.92 Å². The summed E-state index contributed by atoms with van der Waals surface area (Å²) in [6.07, 6.45) is 1.47. The van der Waals surface area contributed by atoms with Gasteiger partial charge in [-0.25, -0.2) is 9.59 Å². The molecule has 23 heavy (non-hydrogen) atoms. The Bertz CT molecular complexity index is 570. The van der Waals surface area contributed by atoms with E-state index in [9.17, 15) is 14.7 Å². The average Bonchev–Trinajstić information content (AvgIpc) is 2.83. The number of carboxylic acid groups (broad SMARTS) is 1. The van der Waals surface area contributed by atoms with Crippen LogP contribution in [-0.2, 0) is 16.1 Å². The van der Waals surface area contributed by atoms with Crippen molar-refractivity contribution in [3.05, 3.63) is 35.9 Å². The molecule has 0 aliphatic heterocycles. The van der Waals surface area contributed by atoms with Gasteiger partial charge in [-0.3, -0.25) is 4.90 Å². The Morgan fingerprint density at radius 3 is 2.35 bits per heavy atom. The van der Waals surface area contributed by atoms with Crippen LogP contribution in [0.3, 0.4) is 0 Å². The van der Waals surface area contributed by atoms with Gasteiger partial charge in [-0.2, -0.15) is 0 Å². The Labute approximate surface area is 137 Å². The number of nitrogens with zero attached hydrogens (tertiary/aromatic N) is 1. The summed E-state index contributed by atoms with van der Waals surface area (Å²) in [5.74, 6) is -0.946. The molecule has 1 aliphatic carbocycles. The van der Waals surface area contributed by atoms with Crippen LogP contribution >= 0.6 is 0 Å². The van der Waals surface area contributed by atoms with Gasteiger partial charge in [-0.05, 0) is 37.2 Å². The number of likely N-dealkylation sites (N-methyl/N-ethyl adjacent to an activating group) is 1. The first-order chi connectivity index (χ1) is 10.8. The van der Waals surface area contributed by atoms with E-state index in [2.05, 4.69) is 0 Å². The lowest BCUT2D eigenvalue weighted by molar-refractivity contribution is -0.157. The predicted molar refractivity (Wildman–Crippen MR) is 87.0 cm³/mol. The second kappa shape index (κ2) is 6.60. The zero-order valence-electron chi connectivity index (χ0n) is 14.0. The molecule has 1 saturated carbocycles. The highest BCUT2D eigenvalue weighted by Gasteiger charge is 2.59. The smallest absolute Gasteiger partial charge is 0.411 e. The molecule has 1 amide bonds. The van der Waals surface area contributed by atoms with Crippen molar-refractivity contribution < 1.29 is 19.4 Å². The van der Waals surface area contributed by atoms with Crippen LogP contribution in [0.4, 0.5) is 4.79 Å². The van der Waals surface area contributed by atoms with Gasteiger partial charge in [-0.1, -0.05) is 44.2 Å². The molecule has 0 saturated heterocycles. The molecule has 0 bridgehead atoms. The number of aliphatic carboxylic acids is 1. The van der Waals surface area contributed by atoms with Crippen LogP contribution in [0.1, 0.15) is 45.6 Å². The highest BCUT2D eigenvalue weighted by Crippen LogP contribution is 2.50. The van der Waals surface area contributed by atoms with Crippen molar-refractivity contribution in [1.29, 1.82) is 0 Å². The average molecular weight is 319 g/mol. The zero-order chi connectivity index (χ0) is 17.1. The lowest BCUT2D eigenvalue weighted by Gasteiger charge is -2.45. The van der Waals surface area contributed by atoms with Gasteiger partial charge in [0.25, 0.3) is 0 Å². The van der Waals surface area contributed by atoms with E-state index >= 15 is 0 Å². The SMILES string of the molecule is CCN(C(=O)OCc1ccccc1)C1(C(=O)O)CCCC1(C)C.